The molecule has 0 saturated heterocycles. The summed E-state index contributed by atoms with van der Waals surface area (Å²) in [7, 11) is 0. The van der Waals surface area contributed by atoms with Gasteiger partial charge < -0.3 is 10.4 Å². The highest BCUT2D eigenvalue weighted by atomic mass is 32.1. The first-order valence-electron chi connectivity index (χ1n) is 9.50. The van der Waals surface area contributed by atoms with Gasteiger partial charge in [0.1, 0.15) is 10.8 Å². The fraction of sp³-hybridized carbons (Fsp3) is 0.217. The molecule has 1 amide bonds. The van der Waals surface area contributed by atoms with Gasteiger partial charge in [0.25, 0.3) is 5.91 Å². The van der Waals surface area contributed by atoms with Crippen molar-refractivity contribution < 1.29 is 9.90 Å². The van der Waals surface area contributed by atoms with E-state index in [2.05, 4.69) is 10.3 Å². The quantitative estimate of drug-likeness (QED) is 0.601. The molecule has 0 bridgehead atoms. The molecule has 0 fully saturated rings. The number of phenolic OH excluding ortho intramolecular Hbond substituents is 1. The molecule has 0 spiro atoms. The second-order valence-corrected chi connectivity index (χ2v) is 7.99. The van der Waals surface area contributed by atoms with E-state index in [0.717, 1.165) is 41.0 Å². The lowest BCUT2D eigenvalue weighted by molar-refractivity contribution is 0.0951. The van der Waals surface area contributed by atoms with Gasteiger partial charge in [-0.15, -0.1) is 11.3 Å². The highest BCUT2D eigenvalue weighted by Crippen LogP contribution is 2.39. The van der Waals surface area contributed by atoms with E-state index in [1.54, 1.807) is 29.7 Å². The number of benzene rings is 2. The predicted octanol–water partition coefficient (Wildman–Crippen LogP) is 5.01. The minimum absolute atomic E-state index is 0.0545. The Bertz CT molecular complexity index is 991. The Labute approximate surface area is 168 Å². The van der Waals surface area contributed by atoms with Gasteiger partial charge in [-0.3, -0.25) is 4.79 Å². The first kappa shape index (κ1) is 18.4. The molecule has 2 N–H and O–H groups in total. The van der Waals surface area contributed by atoms with E-state index >= 15 is 0 Å². The molecular weight excluding hydrogens is 368 g/mol. The lowest BCUT2D eigenvalue weighted by Gasteiger charge is -2.12. The highest BCUT2D eigenvalue weighted by molar-refractivity contribution is 7.16. The smallest absolute Gasteiger partial charge is 0.254 e. The third-order valence-corrected chi connectivity index (χ3v) is 6.10. The number of hydrogen-bond donors (Lipinski definition) is 2. The summed E-state index contributed by atoms with van der Waals surface area (Å²) in [6.07, 6.45) is 6.00. The largest absolute Gasteiger partial charge is 0.508 e. The second kappa shape index (κ2) is 8.40. The predicted molar refractivity (Wildman–Crippen MR) is 114 cm³/mol. The van der Waals surface area contributed by atoms with Crippen LogP contribution < -0.4 is 5.32 Å². The summed E-state index contributed by atoms with van der Waals surface area (Å²) in [6, 6.07) is 16.8. The lowest BCUT2D eigenvalue weighted by Crippen LogP contribution is -2.24. The van der Waals surface area contributed by atoms with Crippen LogP contribution in [0.5, 0.6) is 5.75 Å². The molecule has 4 nitrogen and oxygen atoms in total. The summed E-state index contributed by atoms with van der Waals surface area (Å²) in [5, 5.41) is 13.3. The van der Waals surface area contributed by atoms with Gasteiger partial charge in [0, 0.05) is 17.6 Å². The number of thiophene rings is 1. The molecule has 5 heteroatoms. The fourth-order valence-corrected chi connectivity index (χ4v) is 4.67. The minimum atomic E-state index is -0.0545. The molecular formula is C23H22N2O2S. The molecule has 1 heterocycles. The van der Waals surface area contributed by atoms with Crippen LogP contribution >= 0.6 is 11.3 Å². The number of phenols is 1. The summed E-state index contributed by atoms with van der Waals surface area (Å²) in [6.45, 7) is 0.505. The van der Waals surface area contributed by atoms with Crippen molar-refractivity contribution in [1.29, 1.82) is 0 Å². The molecule has 28 heavy (non-hydrogen) atoms. The Morgan fingerprint density at radius 2 is 1.82 bits per heavy atom. The van der Waals surface area contributed by atoms with Crippen molar-refractivity contribution in [2.75, 3.05) is 0 Å². The molecule has 0 saturated carbocycles. The lowest BCUT2D eigenvalue weighted by atomic mass is 9.95. The van der Waals surface area contributed by atoms with Crippen molar-refractivity contribution in [3.05, 3.63) is 81.7 Å². The van der Waals surface area contributed by atoms with E-state index in [-0.39, 0.29) is 11.7 Å². The Kier molecular flexibility index (Phi) is 5.53. The standard InChI is InChI=1S/C23H22N2O2S/c26-18-12-10-17(11-13-18)15-25-23-21(19-8-4-5-9-20(19)28-23)22(27)24-14-16-6-2-1-3-7-16/h1-3,6-7,10-13,15,26H,4-5,8-9,14H2,(H,24,27)/b25-15+. The highest BCUT2D eigenvalue weighted by Gasteiger charge is 2.25. The fourth-order valence-electron chi connectivity index (χ4n) is 3.44. The van der Waals surface area contributed by atoms with Crippen molar-refractivity contribution in [3.63, 3.8) is 0 Å². The van der Waals surface area contributed by atoms with Crippen molar-refractivity contribution in [2.45, 2.75) is 32.2 Å². The number of amides is 1. The topological polar surface area (TPSA) is 61.7 Å². The van der Waals surface area contributed by atoms with Crippen molar-refractivity contribution in [1.82, 2.24) is 5.32 Å². The number of nitrogens with zero attached hydrogens (tertiary/aromatic N) is 1. The van der Waals surface area contributed by atoms with Gasteiger partial charge in [0.2, 0.25) is 0 Å². The maximum Gasteiger partial charge on any atom is 0.254 e. The minimum Gasteiger partial charge on any atom is -0.508 e. The van der Waals surface area contributed by atoms with Crippen LogP contribution in [0.2, 0.25) is 0 Å². The Morgan fingerprint density at radius 1 is 1.07 bits per heavy atom. The van der Waals surface area contributed by atoms with E-state index in [9.17, 15) is 9.90 Å². The van der Waals surface area contributed by atoms with Crippen molar-refractivity contribution in [3.8, 4) is 5.75 Å². The monoisotopic (exact) mass is 390 g/mol. The number of carbonyl (C=O) groups is 1. The first-order valence-corrected chi connectivity index (χ1v) is 10.3. The second-order valence-electron chi connectivity index (χ2n) is 6.91. The maximum absolute atomic E-state index is 13.0. The Balaban J connectivity index is 1.60. The Morgan fingerprint density at radius 3 is 2.61 bits per heavy atom. The molecule has 142 valence electrons. The van der Waals surface area contributed by atoms with E-state index in [1.165, 1.54) is 16.9 Å². The third kappa shape index (κ3) is 4.15. The summed E-state index contributed by atoms with van der Waals surface area (Å²) in [5.41, 5.74) is 3.86. The van der Waals surface area contributed by atoms with Gasteiger partial charge in [0.15, 0.2) is 0 Å². The number of carbonyl (C=O) groups excluding carboxylic acids is 1. The molecule has 4 rings (SSSR count). The first-order chi connectivity index (χ1) is 13.7. The third-order valence-electron chi connectivity index (χ3n) is 4.90. The Hall–Kier alpha value is -2.92. The average Bonchev–Trinajstić information content (AvgIpc) is 3.11. The van der Waals surface area contributed by atoms with E-state index < -0.39 is 0 Å². The zero-order valence-corrected chi connectivity index (χ0v) is 16.3. The molecule has 1 aliphatic rings. The maximum atomic E-state index is 13.0. The van der Waals surface area contributed by atoms with Crippen LogP contribution in [0.3, 0.4) is 0 Å². The summed E-state index contributed by atoms with van der Waals surface area (Å²) < 4.78 is 0. The zero-order chi connectivity index (χ0) is 19.3. The molecule has 0 unspecified atom stereocenters. The zero-order valence-electron chi connectivity index (χ0n) is 15.5. The molecule has 1 aliphatic carbocycles. The molecule has 0 atom stereocenters. The molecule has 0 radical (unpaired) electrons. The van der Waals surface area contributed by atoms with Crippen molar-refractivity contribution in [2.24, 2.45) is 4.99 Å². The van der Waals surface area contributed by atoms with Gasteiger partial charge in [-0.2, -0.15) is 0 Å². The van der Waals surface area contributed by atoms with Gasteiger partial charge in [0.05, 0.1) is 5.56 Å². The number of fused-ring (bicyclic) bond motifs is 1. The summed E-state index contributed by atoms with van der Waals surface area (Å²) in [5.74, 6) is 0.172. The van der Waals surface area contributed by atoms with E-state index in [0.29, 0.717) is 6.54 Å². The van der Waals surface area contributed by atoms with Gasteiger partial charge in [-0.1, -0.05) is 30.3 Å². The number of aliphatic imine (C=N–C) groups is 1. The van der Waals surface area contributed by atoms with Crippen LogP contribution in [0.25, 0.3) is 0 Å². The molecule has 0 aliphatic heterocycles. The van der Waals surface area contributed by atoms with Crippen LogP contribution in [0.4, 0.5) is 5.00 Å². The number of aromatic hydroxyl groups is 1. The van der Waals surface area contributed by atoms with Crippen LogP contribution in [-0.2, 0) is 19.4 Å². The van der Waals surface area contributed by atoms with Crippen LogP contribution in [0.15, 0.2) is 59.6 Å². The summed E-state index contributed by atoms with van der Waals surface area (Å²) >= 11 is 1.63. The summed E-state index contributed by atoms with van der Waals surface area (Å²) in [4.78, 5) is 18.9. The number of nitrogens with one attached hydrogen (secondary N) is 1. The van der Waals surface area contributed by atoms with Crippen LogP contribution in [0.1, 0.15) is 44.8 Å². The molecule has 3 aromatic rings. The number of rotatable bonds is 5. The van der Waals surface area contributed by atoms with Crippen LogP contribution in [-0.4, -0.2) is 17.2 Å². The average molecular weight is 391 g/mol. The van der Waals surface area contributed by atoms with Gasteiger partial charge in [-0.05, 0) is 66.6 Å². The normalized spacial score (nSPS) is 13.4. The van der Waals surface area contributed by atoms with Crippen LogP contribution in [0, 0.1) is 0 Å². The SMILES string of the molecule is O=C(NCc1ccccc1)c1c(/N=C/c2ccc(O)cc2)sc2c1CCCC2. The van der Waals surface area contributed by atoms with E-state index in [1.807, 2.05) is 42.5 Å². The molecule has 2 aromatic carbocycles. The number of aryl methyl sites for hydroxylation is 1. The van der Waals surface area contributed by atoms with E-state index in [4.69, 9.17) is 0 Å². The van der Waals surface area contributed by atoms with Crippen molar-refractivity contribution >= 4 is 28.5 Å². The molecule has 1 aromatic heterocycles. The van der Waals surface area contributed by atoms with Gasteiger partial charge >= 0.3 is 0 Å². The van der Waals surface area contributed by atoms with Gasteiger partial charge in [-0.25, -0.2) is 4.99 Å². The number of hydrogen-bond acceptors (Lipinski definition) is 4.